The molecule has 0 atom stereocenters. The smallest absolute Gasteiger partial charge is 0.200 e. The van der Waals surface area contributed by atoms with Crippen molar-refractivity contribution in [1.82, 2.24) is 0 Å². The van der Waals surface area contributed by atoms with Gasteiger partial charge in [0, 0.05) is 12.5 Å². The van der Waals surface area contributed by atoms with Crippen LogP contribution in [-0.4, -0.2) is 13.2 Å². The van der Waals surface area contributed by atoms with Gasteiger partial charge in [0.2, 0.25) is 5.43 Å². The zero-order valence-electron chi connectivity index (χ0n) is 18.5. The monoisotopic (exact) mass is 496 g/mol. The Hall–Kier alpha value is -3.15. The maximum Gasteiger partial charge on any atom is 0.200 e. The fourth-order valence-corrected chi connectivity index (χ4v) is 4.25. The molecule has 5 rings (SSSR count). The van der Waals surface area contributed by atoms with Gasteiger partial charge >= 0.3 is 0 Å². The van der Waals surface area contributed by atoms with Gasteiger partial charge in [0.05, 0.1) is 34.2 Å². The standard InChI is InChI=1S/C27H22Cl2O5/c1-2-17-11-19-25(13-24(17)33-14-16-4-6-21(28)22(29)10-16)34-15-20(27(19)30)18-5-7-23-26(12-18)32-9-3-8-31-23/h4-7,10-13,15H,2-3,8-9,14H2,1H3. The predicted molar refractivity (Wildman–Crippen MR) is 134 cm³/mol. The Morgan fingerprint density at radius 1 is 0.941 bits per heavy atom. The summed E-state index contributed by atoms with van der Waals surface area (Å²) >= 11 is 12.1. The number of fused-ring (bicyclic) bond motifs is 2. The van der Waals surface area contributed by atoms with Crippen LogP contribution in [0.4, 0.5) is 0 Å². The molecule has 0 spiro atoms. The van der Waals surface area contributed by atoms with E-state index in [0.29, 0.717) is 70.1 Å². The lowest BCUT2D eigenvalue weighted by atomic mass is 10.0. The molecule has 0 fully saturated rings. The van der Waals surface area contributed by atoms with Crippen LogP contribution in [0.25, 0.3) is 22.1 Å². The fraction of sp³-hybridized carbons (Fsp3) is 0.222. The van der Waals surface area contributed by atoms with Crippen molar-refractivity contribution in [1.29, 1.82) is 0 Å². The SMILES string of the molecule is CCc1cc2c(=O)c(-c3ccc4c(c3)OCCCO4)coc2cc1OCc1ccc(Cl)c(Cl)c1. The van der Waals surface area contributed by atoms with Gasteiger partial charge in [-0.15, -0.1) is 0 Å². The molecule has 34 heavy (non-hydrogen) atoms. The van der Waals surface area contributed by atoms with Crippen LogP contribution < -0.4 is 19.6 Å². The van der Waals surface area contributed by atoms with E-state index >= 15 is 0 Å². The topological polar surface area (TPSA) is 57.9 Å². The van der Waals surface area contributed by atoms with E-state index in [-0.39, 0.29) is 5.43 Å². The quantitative estimate of drug-likeness (QED) is 0.295. The molecule has 7 heteroatoms. The van der Waals surface area contributed by atoms with E-state index in [4.69, 9.17) is 41.8 Å². The number of halogens is 2. The fourth-order valence-electron chi connectivity index (χ4n) is 3.93. The highest BCUT2D eigenvalue weighted by molar-refractivity contribution is 6.42. The van der Waals surface area contributed by atoms with Crippen molar-refractivity contribution >= 4 is 34.2 Å². The van der Waals surface area contributed by atoms with Crippen molar-refractivity contribution in [2.45, 2.75) is 26.4 Å². The molecule has 0 bridgehead atoms. The maximum atomic E-state index is 13.4. The molecule has 1 aliphatic rings. The predicted octanol–water partition coefficient (Wildman–Crippen LogP) is 7.07. The summed E-state index contributed by atoms with van der Waals surface area (Å²) in [5, 5.41) is 1.48. The van der Waals surface area contributed by atoms with Gasteiger partial charge in [-0.3, -0.25) is 4.79 Å². The van der Waals surface area contributed by atoms with Gasteiger partial charge in [0.25, 0.3) is 0 Å². The number of ether oxygens (including phenoxy) is 3. The number of aryl methyl sites for hydroxylation is 1. The molecule has 0 saturated heterocycles. The molecule has 174 valence electrons. The molecule has 0 unspecified atom stereocenters. The first-order valence-corrected chi connectivity index (χ1v) is 11.8. The molecule has 1 aromatic heterocycles. The Morgan fingerprint density at radius 2 is 1.76 bits per heavy atom. The molecule has 2 heterocycles. The minimum Gasteiger partial charge on any atom is -0.490 e. The molecule has 3 aromatic carbocycles. The zero-order valence-corrected chi connectivity index (χ0v) is 20.0. The Bertz CT molecular complexity index is 1430. The Kier molecular flexibility index (Phi) is 6.40. The van der Waals surface area contributed by atoms with E-state index in [1.807, 2.05) is 37.3 Å². The lowest BCUT2D eigenvalue weighted by Gasteiger charge is -2.13. The van der Waals surface area contributed by atoms with Crippen LogP contribution in [0.3, 0.4) is 0 Å². The lowest BCUT2D eigenvalue weighted by Crippen LogP contribution is -2.07. The van der Waals surface area contributed by atoms with Crippen molar-refractivity contribution in [3.8, 4) is 28.4 Å². The zero-order chi connectivity index (χ0) is 23.7. The van der Waals surface area contributed by atoms with Crippen molar-refractivity contribution in [2.75, 3.05) is 13.2 Å². The van der Waals surface area contributed by atoms with E-state index in [1.165, 1.54) is 6.26 Å². The van der Waals surface area contributed by atoms with Gasteiger partial charge in [-0.25, -0.2) is 0 Å². The molecule has 0 amide bonds. The van der Waals surface area contributed by atoms with Crippen LogP contribution in [0.2, 0.25) is 10.0 Å². The van der Waals surface area contributed by atoms with Crippen LogP contribution in [0, 0.1) is 0 Å². The summed E-state index contributed by atoms with van der Waals surface area (Å²) in [6.07, 6.45) is 3.00. The molecular formula is C27H22Cl2O5. The van der Waals surface area contributed by atoms with Crippen LogP contribution in [0.5, 0.6) is 17.2 Å². The van der Waals surface area contributed by atoms with Crippen LogP contribution in [-0.2, 0) is 13.0 Å². The molecule has 0 N–H and O–H groups in total. The summed E-state index contributed by atoms with van der Waals surface area (Å²) in [5.41, 5.74) is 3.34. The Morgan fingerprint density at radius 3 is 2.56 bits per heavy atom. The molecule has 1 aliphatic heterocycles. The van der Waals surface area contributed by atoms with Crippen molar-refractivity contribution < 1.29 is 18.6 Å². The van der Waals surface area contributed by atoms with E-state index in [2.05, 4.69) is 0 Å². The van der Waals surface area contributed by atoms with Gasteiger partial charge in [-0.2, -0.15) is 0 Å². The summed E-state index contributed by atoms with van der Waals surface area (Å²) in [4.78, 5) is 13.4. The normalized spacial score (nSPS) is 13.0. The number of hydrogen-bond donors (Lipinski definition) is 0. The lowest BCUT2D eigenvalue weighted by molar-refractivity contribution is 0.297. The highest BCUT2D eigenvalue weighted by atomic mass is 35.5. The molecule has 5 nitrogen and oxygen atoms in total. The number of rotatable bonds is 5. The second-order valence-corrected chi connectivity index (χ2v) is 8.85. The first-order valence-electron chi connectivity index (χ1n) is 11.1. The molecular weight excluding hydrogens is 475 g/mol. The van der Waals surface area contributed by atoms with Crippen molar-refractivity contribution in [2.24, 2.45) is 0 Å². The molecule has 0 saturated carbocycles. The molecule has 0 radical (unpaired) electrons. The summed E-state index contributed by atoms with van der Waals surface area (Å²) < 4.78 is 23.4. The Labute approximate surface area is 206 Å². The van der Waals surface area contributed by atoms with Gasteiger partial charge in [0.15, 0.2) is 11.5 Å². The summed E-state index contributed by atoms with van der Waals surface area (Å²) in [6, 6.07) is 14.5. The van der Waals surface area contributed by atoms with Gasteiger partial charge in [-0.05, 0) is 53.4 Å². The van der Waals surface area contributed by atoms with E-state index in [0.717, 1.165) is 23.1 Å². The average Bonchev–Trinajstić information content (AvgIpc) is 3.09. The van der Waals surface area contributed by atoms with Crippen molar-refractivity contribution in [3.05, 3.63) is 86.2 Å². The third-order valence-electron chi connectivity index (χ3n) is 5.77. The highest BCUT2D eigenvalue weighted by Crippen LogP contribution is 2.34. The molecule has 0 aliphatic carbocycles. The second kappa shape index (κ2) is 9.61. The highest BCUT2D eigenvalue weighted by Gasteiger charge is 2.16. The van der Waals surface area contributed by atoms with E-state index in [1.54, 1.807) is 18.2 Å². The van der Waals surface area contributed by atoms with E-state index < -0.39 is 0 Å². The van der Waals surface area contributed by atoms with Crippen LogP contribution in [0.1, 0.15) is 24.5 Å². The van der Waals surface area contributed by atoms with Crippen LogP contribution >= 0.6 is 23.2 Å². The van der Waals surface area contributed by atoms with Crippen LogP contribution in [0.15, 0.2) is 64.0 Å². The summed E-state index contributed by atoms with van der Waals surface area (Å²) in [6.45, 7) is 3.52. The summed E-state index contributed by atoms with van der Waals surface area (Å²) in [5.74, 6) is 1.98. The van der Waals surface area contributed by atoms with E-state index in [9.17, 15) is 4.79 Å². The molecule has 4 aromatic rings. The minimum absolute atomic E-state index is 0.110. The van der Waals surface area contributed by atoms with Gasteiger partial charge in [0.1, 0.15) is 24.2 Å². The van der Waals surface area contributed by atoms with Gasteiger partial charge < -0.3 is 18.6 Å². The summed E-state index contributed by atoms with van der Waals surface area (Å²) in [7, 11) is 0. The first kappa shape index (κ1) is 22.6. The Balaban J connectivity index is 1.48. The largest absolute Gasteiger partial charge is 0.490 e. The first-order chi connectivity index (χ1) is 16.5. The number of hydrogen-bond acceptors (Lipinski definition) is 5. The maximum absolute atomic E-state index is 13.4. The minimum atomic E-state index is -0.110. The van der Waals surface area contributed by atoms with Gasteiger partial charge in [-0.1, -0.05) is 42.3 Å². The second-order valence-electron chi connectivity index (χ2n) is 8.04. The third-order valence-corrected chi connectivity index (χ3v) is 6.51. The third kappa shape index (κ3) is 4.46. The van der Waals surface area contributed by atoms with Crippen molar-refractivity contribution in [3.63, 3.8) is 0 Å². The average molecular weight is 497 g/mol. The number of benzene rings is 3.